The average Bonchev–Trinajstić information content (AvgIpc) is 3.48. The first-order valence-electron chi connectivity index (χ1n) is 9.65. The second-order valence-electron chi connectivity index (χ2n) is 7.69. The molecule has 142 valence electrons. The zero-order valence-corrected chi connectivity index (χ0v) is 15.9. The molecule has 3 aliphatic rings. The number of aryl methyl sites for hydroxylation is 1. The molecule has 6 nitrogen and oxygen atoms in total. The highest BCUT2D eigenvalue weighted by Crippen LogP contribution is 2.29. The Morgan fingerprint density at radius 2 is 1.81 bits per heavy atom. The van der Waals surface area contributed by atoms with E-state index in [0.717, 1.165) is 63.8 Å². The predicted molar refractivity (Wildman–Crippen MR) is 102 cm³/mol. The zero-order valence-electron chi connectivity index (χ0n) is 15.1. The molecule has 1 saturated carbocycles. The Labute approximate surface area is 155 Å². The first-order chi connectivity index (χ1) is 12.5. The number of piperidine rings is 1. The summed E-state index contributed by atoms with van der Waals surface area (Å²) in [6.45, 7) is 2.72. The fraction of sp³-hybridized carbons (Fsp3) is 0.632. The molecule has 2 aliphatic heterocycles. The highest BCUT2D eigenvalue weighted by atomic mass is 32.2. The number of likely N-dealkylation sites (tertiary alicyclic amines) is 1. The van der Waals surface area contributed by atoms with Crippen molar-refractivity contribution in [2.24, 2.45) is 0 Å². The van der Waals surface area contributed by atoms with Crippen LogP contribution in [0.25, 0.3) is 0 Å². The van der Waals surface area contributed by atoms with Gasteiger partial charge in [0, 0.05) is 31.4 Å². The number of rotatable bonds is 5. The van der Waals surface area contributed by atoms with Crippen LogP contribution in [-0.4, -0.2) is 56.7 Å². The smallest absolute Gasteiger partial charge is 0.241 e. The Bertz CT molecular complexity index is 768. The number of sulfonamides is 1. The van der Waals surface area contributed by atoms with Gasteiger partial charge in [0.15, 0.2) is 0 Å². The van der Waals surface area contributed by atoms with Gasteiger partial charge in [-0.1, -0.05) is 18.2 Å². The van der Waals surface area contributed by atoms with Crippen molar-refractivity contribution in [3.8, 4) is 0 Å². The van der Waals surface area contributed by atoms with Crippen molar-refractivity contribution in [3.05, 3.63) is 29.8 Å². The Morgan fingerprint density at radius 1 is 1.08 bits per heavy atom. The van der Waals surface area contributed by atoms with Gasteiger partial charge in [0.1, 0.15) is 0 Å². The molecule has 0 aromatic heterocycles. The molecule has 1 saturated heterocycles. The van der Waals surface area contributed by atoms with E-state index in [-0.39, 0.29) is 17.2 Å². The number of amides is 1. The number of para-hydroxylation sites is 1. The molecule has 1 amide bonds. The number of anilines is 1. The van der Waals surface area contributed by atoms with Crippen LogP contribution in [0.15, 0.2) is 24.3 Å². The highest BCUT2D eigenvalue weighted by Gasteiger charge is 2.37. The summed E-state index contributed by atoms with van der Waals surface area (Å²) in [5.41, 5.74) is 2.30. The summed E-state index contributed by atoms with van der Waals surface area (Å²) in [6, 6.07) is 8.17. The van der Waals surface area contributed by atoms with Crippen LogP contribution in [0, 0.1) is 0 Å². The topological polar surface area (TPSA) is 69.7 Å². The fourth-order valence-electron chi connectivity index (χ4n) is 3.99. The van der Waals surface area contributed by atoms with E-state index in [4.69, 9.17) is 0 Å². The molecule has 4 rings (SSSR count). The maximum atomic E-state index is 12.8. The normalized spacial score (nSPS) is 22.2. The van der Waals surface area contributed by atoms with Crippen LogP contribution >= 0.6 is 0 Å². The minimum Gasteiger partial charge on any atom is -0.311 e. The number of fused-ring (bicyclic) bond motifs is 1. The molecule has 26 heavy (non-hydrogen) atoms. The van der Waals surface area contributed by atoms with Crippen LogP contribution in [0.5, 0.6) is 0 Å². The molecule has 2 fully saturated rings. The summed E-state index contributed by atoms with van der Waals surface area (Å²) in [5.74, 6) is 0.147. The van der Waals surface area contributed by atoms with Gasteiger partial charge in [-0.05, 0) is 50.2 Å². The Balaban J connectivity index is 1.30. The Morgan fingerprint density at radius 3 is 2.54 bits per heavy atom. The van der Waals surface area contributed by atoms with E-state index in [0.29, 0.717) is 6.54 Å². The summed E-state index contributed by atoms with van der Waals surface area (Å²) in [5, 5.41) is -0.165. The third-order valence-corrected chi connectivity index (χ3v) is 7.66. The Kier molecular flexibility index (Phi) is 5.03. The average molecular weight is 378 g/mol. The van der Waals surface area contributed by atoms with E-state index in [1.165, 1.54) is 5.56 Å². The van der Waals surface area contributed by atoms with E-state index in [2.05, 4.69) is 15.7 Å². The van der Waals surface area contributed by atoms with Gasteiger partial charge in [-0.3, -0.25) is 9.69 Å². The largest absolute Gasteiger partial charge is 0.311 e. The molecule has 7 heteroatoms. The molecule has 0 radical (unpaired) electrons. The molecule has 0 bridgehead atoms. The van der Waals surface area contributed by atoms with Crippen LogP contribution < -0.4 is 9.62 Å². The number of nitrogens with one attached hydrogen (secondary N) is 1. The number of nitrogens with zero attached hydrogens (tertiary/aromatic N) is 2. The predicted octanol–water partition coefficient (Wildman–Crippen LogP) is 1.51. The van der Waals surface area contributed by atoms with Crippen LogP contribution in [0.4, 0.5) is 5.69 Å². The SMILES string of the molecule is O=C(CN1CCC(NS(=O)(=O)C2CC2)CC1)N1CCCc2ccccc21. The lowest BCUT2D eigenvalue weighted by molar-refractivity contribution is -0.120. The zero-order chi connectivity index (χ0) is 18.1. The molecular formula is C19H27N3O3S. The van der Waals surface area contributed by atoms with E-state index >= 15 is 0 Å². The second kappa shape index (κ2) is 7.29. The first-order valence-corrected chi connectivity index (χ1v) is 11.2. The minimum absolute atomic E-state index is 0.0164. The molecule has 2 heterocycles. The van der Waals surface area contributed by atoms with Crippen LogP contribution in [-0.2, 0) is 21.2 Å². The van der Waals surface area contributed by atoms with Crippen LogP contribution in [0.1, 0.15) is 37.7 Å². The van der Waals surface area contributed by atoms with Crippen molar-refractivity contribution in [2.45, 2.75) is 49.8 Å². The van der Waals surface area contributed by atoms with Crippen molar-refractivity contribution < 1.29 is 13.2 Å². The van der Waals surface area contributed by atoms with Gasteiger partial charge < -0.3 is 4.90 Å². The van der Waals surface area contributed by atoms with E-state index in [9.17, 15) is 13.2 Å². The van der Waals surface area contributed by atoms with Gasteiger partial charge in [-0.25, -0.2) is 13.1 Å². The third kappa shape index (κ3) is 3.94. The van der Waals surface area contributed by atoms with Gasteiger partial charge >= 0.3 is 0 Å². The van der Waals surface area contributed by atoms with Gasteiger partial charge in [0.25, 0.3) is 0 Å². The highest BCUT2D eigenvalue weighted by molar-refractivity contribution is 7.90. The minimum atomic E-state index is -3.12. The second-order valence-corrected chi connectivity index (χ2v) is 9.68. The van der Waals surface area contributed by atoms with Gasteiger partial charge in [-0.15, -0.1) is 0 Å². The molecule has 1 aromatic carbocycles. The lowest BCUT2D eigenvalue weighted by Crippen LogP contribution is -2.49. The standard InChI is InChI=1S/C19H27N3O3S/c23-19(22-11-3-5-15-4-1-2-6-18(15)22)14-21-12-9-16(10-13-21)20-26(24,25)17-7-8-17/h1-2,4,6,16-17,20H,3,5,7-14H2. The number of carbonyl (C=O) groups excluding carboxylic acids is 1. The van der Waals surface area contributed by atoms with Crippen LogP contribution in [0.2, 0.25) is 0 Å². The number of hydrogen-bond donors (Lipinski definition) is 1. The van der Waals surface area contributed by atoms with Crippen molar-refractivity contribution in [2.75, 3.05) is 31.1 Å². The quantitative estimate of drug-likeness (QED) is 0.845. The summed E-state index contributed by atoms with van der Waals surface area (Å²) in [6.07, 6.45) is 5.17. The molecule has 0 atom stereocenters. The van der Waals surface area contributed by atoms with E-state index in [1.54, 1.807) is 0 Å². The van der Waals surface area contributed by atoms with Crippen molar-refractivity contribution in [3.63, 3.8) is 0 Å². The summed E-state index contributed by atoms with van der Waals surface area (Å²) in [7, 11) is -3.12. The third-order valence-electron chi connectivity index (χ3n) is 5.65. The van der Waals surface area contributed by atoms with E-state index < -0.39 is 10.0 Å². The van der Waals surface area contributed by atoms with Crippen LogP contribution in [0.3, 0.4) is 0 Å². The van der Waals surface area contributed by atoms with Gasteiger partial charge in [-0.2, -0.15) is 0 Å². The van der Waals surface area contributed by atoms with E-state index in [1.807, 2.05) is 23.1 Å². The summed E-state index contributed by atoms with van der Waals surface area (Å²) < 4.78 is 27.0. The maximum Gasteiger partial charge on any atom is 0.241 e. The monoisotopic (exact) mass is 377 g/mol. The number of hydrogen-bond acceptors (Lipinski definition) is 4. The van der Waals surface area contributed by atoms with Crippen molar-refractivity contribution in [1.82, 2.24) is 9.62 Å². The lowest BCUT2D eigenvalue weighted by Gasteiger charge is -2.35. The molecular weight excluding hydrogens is 350 g/mol. The van der Waals surface area contributed by atoms with Gasteiger partial charge in [0.05, 0.1) is 11.8 Å². The number of carbonyl (C=O) groups is 1. The molecule has 0 unspecified atom stereocenters. The number of benzene rings is 1. The van der Waals surface area contributed by atoms with Crippen molar-refractivity contribution >= 4 is 21.6 Å². The molecule has 1 aromatic rings. The van der Waals surface area contributed by atoms with Crippen molar-refractivity contribution in [1.29, 1.82) is 0 Å². The first kappa shape index (κ1) is 17.9. The molecule has 1 aliphatic carbocycles. The van der Waals surface area contributed by atoms with Gasteiger partial charge in [0.2, 0.25) is 15.9 Å². The maximum absolute atomic E-state index is 12.8. The Hall–Kier alpha value is -1.44. The summed E-state index contributed by atoms with van der Waals surface area (Å²) in [4.78, 5) is 16.9. The molecule has 1 N–H and O–H groups in total. The summed E-state index contributed by atoms with van der Waals surface area (Å²) >= 11 is 0. The lowest BCUT2D eigenvalue weighted by atomic mass is 10.0. The fourth-order valence-corrected chi connectivity index (χ4v) is 5.63. The molecule has 0 spiro atoms.